The van der Waals surface area contributed by atoms with Crippen molar-refractivity contribution in [1.82, 2.24) is 10.4 Å². The maximum Gasteiger partial charge on any atom is 0.308 e. The molecule has 2 aromatic rings. The molecule has 36 heavy (non-hydrogen) atoms. The van der Waals surface area contributed by atoms with Crippen LogP contribution in [0.1, 0.15) is 90.4 Å². The van der Waals surface area contributed by atoms with E-state index in [9.17, 15) is 14.4 Å². The molecule has 0 saturated heterocycles. The van der Waals surface area contributed by atoms with Crippen LogP contribution in [-0.4, -0.2) is 28.8 Å². The lowest BCUT2D eigenvalue weighted by atomic mass is 9.83. The molecule has 0 aromatic heterocycles. The summed E-state index contributed by atoms with van der Waals surface area (Å²) in [7, 11) is 0. The predicted molar refractivity (Wildman–Crippen MR) is 144 cm³/mol. The van der Waals surface area contributed by atoms with Gasteiger partial charge >= 0.3 is 5.97 Å². The van der Waals surface area contributed by atoms with E-state index in [2.05, 4.69) is 39.7 Å². The maximum absolute atomic E-state index is 13.8. The van der Waals surface area contributed by atoms with Crippen molar-refractivity contribution < 1.29 is 19.1 Å². The van der Waals surface area contributed by atoms with E-state index in [0.29, 0.717) is 28.9 Å². The van der Waals surface area contributed by atoms with Gasteiger partial charge in [-0.1, -0.05) is 63.5 Å². The first-order valence-electron chi connectivity index (χ1n) is 12.4. The number of esters is 1. The van der Waals surface area contributed by atoms with E-state index >= 15 is 0 Å². The highest BCUT2D eigenvalue weighted by molar-refractivity contribution is 6.00. The molecule has 0 saturated carbocycles. The van der Waals surface area contributed by atoms with Crippen LogP contribution in [0.25, 0.3) is 0 Å². The molecule has 2 aromatic carbocycles. The molecule has 0 radical (unpaired) electrons. The molecular weight excluding hydrogens is 452 g/mol. The zero-order chi connectivity index (χ0) is 27.2. The van der Waals surface area contributed by atoms with Gasteiger partial charge in [-0.25, -0.2) is 5.01 Å². The first kappa shape index (κ1) is 28.8. The van der Waals surface area contributed by atoms with Crippen molar-refractivity contribution in [2.75, 3.05) is 0 Å². The van der Waals surface area contributed by atoms with Crippen LogP contribution in [0.2, 0.25) is 0 Å². The van der Waals surface area contributed by atoms with Gasteiger partial charge in [-0.05, 0) is 62.8 Å². The first-order valence-corrected chi connectivity index (χ1v) is 12.4. The quantitative estimate of drug-likeness (QED) is 0.204. The fourth-order valence-electron chi connectivity index (χ4n) is 4.50. The summed E-state index contributed by atoms with van der Waals surface area (Å²) in [6, 6.07) is 8.90. The van der Waals surface area contributed by atoms with Crippen LogP contribution in [0.15, 0.2) is 43.0 Å². The molecule has 0 unspecified atom stereocenters. The second kappa shape index (κ2) is 12.0. The minimum atomic E-state index is -0.469. The lowest BCUT2D eigenvalue weighted by Crippen LogP contribution is -2.56. The van der Waals surface area contributed by atoms with Crippen molar-refractivity contribution in [3.8, 4) is 5.75 Å². The Labute approximate surface area is 215 Å². The van der Waals surface area contributed by atoms with Crippen LogP contribution in [0, 0.1) is 26.2 Å². The number of hydrazine groups is 1. The molecule has 2 rings (SSSR count). The van der Waals surface area contributed by atoms with Crippen LogP contribution in [0.5, 0.6) is 5.75 Å². The second-order valence-electron chi connectivity index (χ2n) is 10.5. The fourth-order valence-corrected chi connectivity index (χ4v) is 4.50. The summed E-state index contributed by atoms with van der Waals surface area (Å²) in [4.78, 5) is 39.2. The van der Waals surface area contributed by atoms with E-state index in [1.165, 1.54) is 11.9 Å². The smallest absolute Gasteiger partial charge is 0.308 e. The van der Waals surface area contributed by atoms with Gasteiger partial charge in [-0.3, -0.25) is 19.8 Å². The molecule has 194 valence electrons. The maximum atomic E-state index is 13.8. The van der Waals surface area contributed by atoms with Crippen LogP contribution in [0.4, 0.5) is 0 Å². The number of aryl methyl sites for hydroxylation is 2. The highest BCUT2D eigenvalue weighted by atomic mass is 16.5. The van der Waals surface area contributed by atoms with Crippen molar-refractivity contribution in [2.45, 2.75) is 80.7 Å². The normalized spacial score (nSPS) is 12.0. The minimum absolute atomic E-state index is 0.243. The molecule has 1 N–H and O–H groups in total. The average Bonchev–Trinajstić information content (AvgIpc) is 2.76. The summed E-state index contributed by atoms with van der Waals surface area (Å²) in [5.74, 6) is -0.815. The zero-order valence-electron chi connectivity index (χ0n) is 23.0. The molecule has 0 aliphatic heterocycles. The summed E-state index contributed by atoms with van der Waals surface area (Å²) in [5.41, 5.74) is 6.74. The van der Waals surface area contributed by atoms with Gasteiger partial charge in [0.25, 0.3) is 11.8 Å². The number of hydrogen-bond acceptors (Lipinski definition) is 4. The van der Waals surface area contributed by atoms with E-state index in [1.54, 1.807) is 25.1 Å². The van der Waals surface area contributed by atoms with E-state index < -0.39 is 11.9 Å². The highest BCUT2D eigenvalue weighted by Gasteiger charge is 2.35. The molecule has 0 spiro atoms. The van der Waals surface area contributed by atoms with Crippen molar-refractivity contribution >= 4 is 17.8 Å². The number of amides is 2. The first-order chi connectivity index (χ1) is 16.8. The largest absolute Gasteiger partial charge is 0.426 e. The molecule has 2 amide bonds. The summed E-state index contributed by atoms with van der Waals surface area (Å²) < 4.78 is 5.46. The van der Waals surface area contributed by atoms with Crippen molar-refractivity contribution in [2.24, 2.45) is 5.41 Å². The van der Waals surface area contributed by atoms with Gasteiger partial charge in [-0.15, -0.1) is 6.58 Å². The van der Waals surface area contributed by atoms with Crippen LogP contribution < -0.4 is 10.2 Å². The average molecular weight is 493 g/mol. The summed E-state index contributed by atoms with van der Waals surface area (Å²) >= 11 is 0. The predicted octanol–water partition coefficient (Wildman–Crippen LogP) is 6.27. The Balaban J connectivity index is 2.58. The molecule has 0 heterocycles. The van der Waals surface area contributed by atoms with E-state index in [4.69, 9.17) is 4.74 Å². The standard InChI is InChI=1S/C30H40N2O4/c1-10-12-23-14-15-25(21(5)27(23)36-22(6)33)28(34)31-32(26(13-11-2)30(7,8)9)29(35)24-17-19(3)16-20(4)18-24/h10,14-18,26H,1,11-13H2,2-9H3,(H,31,34)/t26-/m1/s1. The lowest BCUT2D eigenvalue weighted by molar-refractivity contribution is -0.132. The van der Waals surface area contributed by atoms with Crippen molar-refractivity contribution in [1.29, 1.82) is 0 Å². The second-order valence-corrected chi connectivity index (χ2v) is 10.5. The lowest BCUT2D eigenvalue weighted by Gasteiger charge is -2.40. The topological polar surface area (TPSA) is 75.7 Å². The molecule has 6 heteroatoms. The van der Waals surface area contributed by atoms with Crippen molar-refractivity contribution in [3.63, 3.8) is 0 Å². The number of benzene rings is 2. The Kier molecular flexibility index (Phi) is 9.62. The Morgan fingerprint density at radius 1 is 1.08 bits per heavy atom. The van der Waals surface area contributed by atoms with Gasteiger partial charge in [0.2, 0.25) is 0 Å². The molecule has 0 bridgehead atoms. The van der Waals surface area contributed by atoms with Gasteiger partial charge in [0.1, 0.15) is 5.75 Å². The van der Waals surface area contributed by atoms with Crippen LogP contribution in [0.3, 0.4) is 0 Å². The summed E-state index contributed by atoms with van der Waals surface area (Å²) in [6.45, 7) is 19.0. The molecule has 1 atom stereocenters. The molecular formula is C30H40N2O4. The monoisotopic (exact) mass is 492 g/mol. The molecule has 0 fully saturated rings. The number of rotatable bonds is 8. The summed E-state index contributed by atoms with van der Waals surface area (Å²) in [6.07, 6.45) is 3.77. The summed E-state index contributed by atoms with van der Waals surface area (Å²) in [5, 5.41) is 1.49. The highest BCUT2D eigenvalue weighted by Crippen LogP contribution is 2.31. The fraction of sp³-hybridized carbons (Fsp3) is 0.433. The minimum Gasteiger partial charge on any atom is -0.426 e. The van der Waals surface area contributed by atoms with Gasteiger partial charge in [0.15, 0.2) is 0 Å². The molecule has 0 aliphatic rings. The SMILES string of the molecule is C=CCc1ccc(C(=O)NN(C(=O)c2cc(C)cc(C)c2)[C@H](CCC)C(C)(C)C)c(C)c1OC(C)=O. The van der Waals surface area contributed by atoms with E-state index in [1.807, 2.05) is 32.0 Å². The van der Waals surface area contributed by atoms with Crippen molar-refractivity contribution in [3.05, 3.63) is 76.4 Å². The third-order valence-electron chi connectivity index (χ3n) is 6.12. The van der Waals surface area contributed by atoms with Gasteiger partial charge in [0, 0.05) is 23.6 Å². The number of nitrogens with zero attached hydrogens (tertiary/aromatic N) is 1. The number of hydrogen-bond donors (Lipinski definition) is 1. The number of ether oxygens (including phenoxy) is 1. The van der Waals surface area contributed by atoms with Crippen LogP contribution in [-0.2, 0) is 11.2 Å². The number of allylic oxidation sites excluding steroid dienone is 1. The van der Waals surface area contributed by atoms with Gasteiger partial charge in [0.05, 0.1) is 6.04 Å². The Morgan fingerprint density at radius 2 is 1.69 bits per heavy atom. The van der Waals surface area contributed by atoms with Gasteiger partial charge in [-0.2, -0.15) is 0 Å². The zero-order valence-corrected chi connectivity index (χ0v) is 23.0. The Morgan fingerprint density at radius 3 is 2.19 bits per heavy atom. The number of nitrogens with one attached hydrogen (secondary N) is 1. The van der Waals surface area contributed by atoms with Gasteiger partial charge < -0.3 is 4.74 Å². The number of carbonyl (C=O) groups excluding carboxylic acids is 3. The van der Waals surface area contributed by atoms with E-state index in [0.717, 1.165) is 29.5 Å². The number of carbonyl (C=O) groups is 3. The Bertz CT molecular complexity index is 1120. The third-order valence-corrected chi connectivity index (χ3v) is 6.12. The Hall–Kier alpha value is -3.41. The third kappa shape index (κ3) is 7.06. The van der Waals surface area contributed by atoms with Crippen LogP contribution >= 0.6 is 0 Å². The van der Waals surface area contributed by atoms with E-state index in [-0.39, 0.29) is 17.4 Å². The molecule has 6 nitrogen and oxygen atoms in total. The molecule has 0 aliphatic carbocycles.